The van der Waals surface area contributed by atoms with Gasteiger partial charge in [-0.15, -0.1) is 0 Å². The number of hydrogen-bond acceptors (Lipinski definition) is 2. The molecule has 98 valence electrons. The fourth-order valence-corrected chi connectivity index (χ4v) is 2.26. The lowest BCUT2D eigenvalue weighted by Crippen LogP contribution is -2.20. The van der Waals surface area contributed by atoms with E-state index in [4.69, 9.17) is 0 Å². The summed E-state index contributed by atoms with van der Waals surface area (Å²) in [6.07, 6.45) is 7.37. The van der Waals surface area contributed by atoms with E-state index in [9.17, 15) is 0 Å². The molecule has 0 saturated heterocycles. The molecule has 0 unspecified atom stereocenters. The van der Waals surface area contributed by atoms with Crippen LogP contribution in [-0.4, -0.2) is 16.6 Å². The molecule has 0 spiro atoms. The molecule has 0 fully saturated rings. The molecule has 0 radical (unpaired) electrons. The smallest absolute Gasteiger partial charge is 0.202 e. The third kappa shape index (κ3) is 4.41. The van der Waals surface area contributed by atoms with Gasteiger partial charge in [-0.1, -0.05) is 40.0 Å². The Labute approximate surface area is 106 Å². The quantitative estimate of drug-likeness (QED) is 0.730. The Bertz CT molecular complexity index is 339. The molecule has 0 aliphatic heterocycles. The van der Waals surface area contributed by atoms with Gasteiger partial charge in [0.15, 0.2) is 0 Å². The maximum Gasteiger partial charge on any atom is 0.202 e. The number of rotatable bonds is 7. The van der Waals surface area contributed by atoms with Crippen LogP contribution in [0.4, 0.5) is 5.95 Å². The SMILES string of the molecule is CCCCCC(C)(C)Cn1cc(C)nc1NC. The van der Waals surface area contributed by atoms with Crippen molar-refractivity contribution in [2.45, 2.75) is 59.9 Å². The van der Waals surface area contributed by atoms with Crippen LogP contribution in [0.15, 0.2) is 6.20 Å². The zero-order valence-electron chi connectivity index (χ0n) is 12.0. The van der Waals surface area contributed by atoms with E-state index in [0.29, 0.717) is 5.41 Å². The van der Waals surface area contributed by atoms with E-state index in [1.807, 2.05) is 14.0 Å². The van der Waals surface area contributed by atoms with Gasteiger partial charge in [-0.05, 0) is 18.8 Å². The van der Waals surface area contributed by atoms with Crippen molar-refractivity contribution < 1.29 is 0 Å². The van der Waals surface area contributed by atoms with Gasteiger partial charge in [0.05, 0.1) is 5.69 Å². The average molecular weight is 237 g/mol. The van der Waals surface area contributed by atoms with Crippen LogP contribution in [0.2, 0.25) is 0 Å². The standard InChI is InChI=1S/C14H27N3/c1-6-7-8-9-14(3,4)11-17-10-12(2)16-13(17)15-5/h10H,6-9,11H2,1-5H3,(H,15,16). The molecule has 0 bridgehead atoms. The summed E-state index contributed by atoms with van der Waals surface area (Å²) in [6, 6.07) is 0. The predicted molar refractivity (Wildman–Crippen MR) is 74.4 cm³/mol. The van der Waals surface area contributed by atoms with E-state index in [1.165, 1.54) is 25.7 Å². The molecule has 1 aromatic rings. The largest absolute Gasteiger partial charge is 0.359 e. The van der Waals surface area contributed by atoms with Gasteiger partial charge in [-0.25, -0.2) is 4.98 Å². The van der Waals surface area contributed by atoms with Crippen molar-refractivity contribution in [3.8, 4) is 0 Å². The molecule has 1 heterocycles. The second-order valence-electron chi connectivity index (χ2n) is 5.71. The Kier molecular flexibility index (Phi) is 5.03. The highest BCUT2D eigenvalue weighted by Gasteiger charge is 2.19. The van der Waals surface area contributed by atoms with Crippen molar-refractivity contribution >= 4 is 5.95 Å². The minimum atomic E-state index is 0.341. The van der Waals surface area contributed by atoms with E-state index >= 15 is 0 Å². The van der Waals surface area contributed by atoms with Crippen molar-refractivity contribution in [2.75, 3.05) is 12.4 Å². The van der Waals surface area contributed by atoms with Gasteiger partial charge >= 0.3 is 0 Å². The molecule has 0 aliphatic rings. The molecule has 0 aromatic carbocycles. The maximum absolute atomic E-state index is 4.46. The highest BCUT2D eigenvalue weighted by atomic mass is 15.2. The van der Waals surface area contributed by atoms with E-state index in [1.54, 1.807) is 0 Å². The Morgan fingerprint density at radius 2 is 2.06 bits per heavy atom. The predicted octanol–water partition coefficient (Wildman–Crippen LogP) is 3.84. The first kappa shape index (κ1) is 14.1. The number of aromatic nitrogens is 2. The first-order valence-electron chi connectivity index (χ1n) is 6.70. The van der Waals surface area contributed by atoms with Crippen LogP contribution < -0.4 is 5.32 Å². The lowest BCUT2D eigenvalue weighted by molar-refractivity contribution is 0.273. The summed E-state index contributed by atoms with van der Waals surface area (Å²) in [5.41, 5.74) is 1.42. The van der Waals surface area contributed by atoms with Crippen molar-refractivity contribution in [3.63, 3.8) is 0 Å². The maximum atomic E-state index is 4.46. The van der Waals surface area contributed by atoms with E-state index < -0.39 is 0 Å². The van der Waals surface area contributed by atoms with Crippen LogP contribution in [0.5, 0.6) is 0 Å². The first-order chi connectivity index (χ1) is 7.98. The summed E-state index contributed by atoms with van der Waals surface area (Å²) in [4.78, 5) is 4.46. The average Bonchev–Trinajstić information content (AvgIpc) is 2.58. The molecule has 0 amide bonds. The lowest BCUT2D eigenvalue weighted by Gasteiger charge is -2.25. The van der Waals surface area contributed by atoms with Gasteiger partial charge in [0, 0.05) is 19.8 Å². The zero-order chi connectivity index (χ0) is 12.9. The highest BCUT2D eigenvalue weighted by Crippen LogP contribution is 2.27. The normalized spacial score (nSPS) is 11.8. The number of nitrogens with one attached hydrogen (secondary N) is 1. The van der Waals surface area contributed by atoms with Crippen molar-refractivity contribution in [1.82, 2.24) is 9.55 Å². The Morgan fingerprint density at radius 1 is 1.35 bits per heavy atom. The molecule has 1 aromatic heterocycles. The minimum Gasteiger partial charge on any atom is -0.359 e. The van der Waals surface area contributed by atoms with E-state index in [-0.39, 0.29) is 0 Å². The fourth-order valence-electron chi connectivity index (χ4n) is 2.26. The third-order valence-electron chi connectivity index (χ3n) is 3.18. The van der Waals surface area contributed by atoms with Crippen LogP contribution in [-0.2, 0) is 6.54 Å². The zero-order valence-corrected chi connectivity index (χ0v) is 12.0. The van der Waals surface area contributed by atoms with Gasteiger partial charge in [-0.2, -0.15) is 0 Å². The number of imidazole rings is 1. The van der Waals surface area contributed by atoms with Crippen molar-refractivity contribution in [2.24, 2.45) is 5.41 Å². The molecule has 1 rings (SSSR count). The fraction of sp³-hybridized carbons (Fsp3) is 0.786. The summed E-state index contributed by atoms with van der Waals surface area (Å²) in [5.74, 6) is 0.978. The summed E-state index contributed by atoms with van der Waals surface area (Å²) in [7, 11) is 1.93. The number of aryl methyl sites for hydroxylation is 1. The molecular weight excluding hydrogens is 210 g/mol. The molecule has 17 heavy (non-hydrogen) atoms. The summed E-state index contributed by atoms with van der Waals surface area (Å²) >= 11 is 0. The minimum absolute atomic E-state index is 0.341. The summed E-state index contributed by atoms with van der Waals surface area (Å²) in [5, 5.41) is 3.16. The van der Waals surface area contributed by atoms with E-state index in [0.717, 1.165) is 18.2 Å². The number of nitrogens with zero attached hydrogens (tertiary/aromatic N) is 2. The molecule has 3 nitrogen and oxygen atoms in total. The first-order valence-corrected chi connectivity index (χ1v) is 6.70. The van der Waals surface area contributed by atoms with Gasteiger partial charge < -0.3 is 9.88 Å². The van der Waals surface area contributed by atoms with Crippen LogP contribution in [0, 0.1) is 12.3 Å². The molecule has 3 heteroatoms. The number of anilines is 1. The van der Waals surface area contributed by atoms with Gasteiger partial charge in [0.1, 0.15) is 0 Å². The highest BCUT2D eigenvalue weighted by molar-refractivity contribution is 5.27. The van der Waals surface area contributed by atoms with Crippen molar-refractivity contribution in [1.29, 1.82) is 0 Å². The van der Waals surface area contributed by atoms with Crippen LogP contribution in [0.3, 0.4) is 0 Å². The second-order valence-corrected chi connectivity index (χ2v) is 5.71. The lowest BCUT2D eigenvalue weighted by atomic mass is 9.87. The molecule has 0 saturated carbocycles. The van der Waals surface area contributed by atoms with Crippen molar-refractivity contribution in [3.05, 3.63) is 11.9 Å². The number of unbranched alkanes of at least 4 members (excludes halogenated alkanes) is 2. The van der Waals surface area contributed by atoms with Gasteiger partial charge in [0.2, 0.25) is 5.95 Å². The molecular formula is C14H27N3. The van der Waals surface area contributed by atoms with Gasteiger partial charge in [-0.3, -0.25) is 0 Å². The Morgan fingerprint density at radius 3 is 2.65 bits per heavy atom. The summed E-state index contributed by atoms with van der Waals surface area (Å²) < 4.78 is 2.24. The molecule has 0 atom stereocenters. The molecule has 1 N–H and O–H groups in total. The molecule has 0 aliphatic carbocycles. The van der Waals surface area contributed by atoms with Gasteiger partial charge in [0.25, 0.3) is 0 Å². The van der Waals surface area contributed by atoms with Crippen LogP contribution >= 0.6 is 0 Å². The van der Waals surface area contributed by atoms with Crippen LogP contribution in [0.25, 0.3) is 0 Å². The second kappa shape index (κ2) is 6.08. The monoisotopic (exact) mass is 237 g/mol. The Balaban J connectivity index is 2.61. The topological polar surface area (TPSA) is 29.9 Å². The van der Waals surface area contributed by atoms with Crippen LogP contribution in [0.1, 0.15) is 52.1 Å². The Hall–Kier alpha value is -0.990. The van der Waals surface area contributed by atoms with E-state index in [2.05, 4.69) is 41.8 Å². The number of hydrogen-bond donors (Lipinski definition) is 1. The summed E-state index contributed by atoms with van der Waals surface area (Å²) in [6.45, 7) is 10.0. The third-order valence-corrected chi connectivity index (χ3v) is 3.18.